The maximum atomic E-state index is 13.1. The Morgan fingerprint density at radius 3 is 2.73 bits per heavy atom. The molecule has 0 saturated carbocycles. The van der Waals surface area contributed by atoms with Gasteiger partial charge in [-0.1, -0.05) is 61.4 Å². The molecule has 7 heteroatoms. The number of carbonyl (C=O) groups is 2. The Bertz CT molecular complexity index is 1030. The molecule has 6 nitrogen and oxygen atoms in total. The van der Waals surface area contributed by atoms with E-state index in [0.717, 1.165) is 42.2 Å². The van der Waals surface area contributed by atoms with Crippen molar-refractivity contribution in [2.24, 2.45) is 0 Å². The molecule has 0 fully saturated rings. The standard InChI is InChI=1S/C23H25N3O3S/c1-4-5-8-19(18-9-6-7-10-20(18)29-3)21(28)24-23-26-25-22(30-23)17-12-11-16(14-27)13-15(17)2/h6-7,9-14,19H,4-5,8H2,1-3H3,(H,24,26,28). The SMILES string of the molecule is CCCCC(C(=O)Nc1nnc(-c2ccc(C=O)cc2C)s1)c1ccccc1OC. The number of nitrogens with one attached hydrogen (secondary N) is 1. The zero-order valence-electron chi connectivity index (χ0n) is 17.3. The third-order valence-corrected chi connectivity index (χ3v) is 5.82. The number of hydrogen-bond donors (Lipinski definition) is 1. The van der Waals surface area contributed by atoms with Crippen molar-refractivity contribution in [2.45, 2.75) is 39.0 Å². The van der Waals surface area contributed by atoms with E-state index < -0.39 is 0 Å². The number of aldehydes is 1. The fraction of sp³-hybridized carbons (Fsp3) is 0.304. The topological polar surface area (TPSA) is 81.2 Å². The van der Waals surface area contributed by atoms with Crippen molar-refractivity contribution in [2.75, 3.05) is 12.4 Å². The first-order chi connectivity index (χ1) is 14.6. The molecule has 0 aliphatic heterocycles. The monoisotopic (exact) mass is 423 g/mol. The number of benzene rings is 2. The number of unbranched alkanes of at least 4 members (excludes halogenated alkanes) is 1. The lowest BCUT2D eigenvalue weighted by atomic mass is 9.92. The lowest BCUT2D eigenvalue weighted by molar-refractivity contribution is -0.117. The van der Waals surface area contributed by atoms with E-state index in [2.05, 4.69) is 22.4 Å². The molecular formula is C23H25N3O3S. The summed E-state index contributed by atoms with van der Waals surface area (Å²) in [5.74, 6) is 0.253. The highest BCUT2D eigenvalue weighted by Crippen LogP contribution is 2.33. The van der Waals surface area contributed by atoms with Crippen LogP contribution in [0.5, 0.6) is 5.75 Å². The highest BCUT2D eigenvalue weighted by Gasteiger charge is 2.24. The number of nitrogens with zero attached hydrogens (tertiary/aromatic N) is 2. The van der Waals surface area contributed by atoms with E-state index in [-0.39, 0.29) is 11.8 Å². The summed E-state index contributed by atoms with van der Waals surface area (Å²) in [5, 5.41) is 12.4. The van der Waals surface area contributed by atoms with Gasteiger partial charge < -0.3 is 4.74 Å². The van der Waals surface area contributed by atoms with E-state index in [1.54, 1.807) is 13.2 Å². The predicted molar refractivity (Wildman–Crippen MR) is 119 cm³/mol. The van der Waals surface area contributed by atoms with Crippen LogP contribution < -0.4 is 10.1 Å². The molecule has 30 heavy (non-hydrogen) atoms. The molecule has 0 aliphatic rings. The molecule has 0 saturated heterocycles. The lowest BCUT2D eigenvalue weighted by Crippen LogP contribution is -2.21. The van der Waals surface area contributed by atoms with Gasteiger partial charge in [0.15, 0.2) is 0 Å². The van der Waals surface area contributed by atoms with Crippen LogP contribution in [0.1, 0.15) is 53.6 Å². The van der Waals surface area contributed by atoms with Crippen molar-refractivity contribution < 1.29 is 14.3 Å². The van der Waals surface area contributed by atoms with E-state index in [9.17, 15) is 9.59 Å². The lowest BCUT2D eigenvalue weighted by Gasteiger charge is -2.18. The summed E-state index contributed by atoms with van der Waals surface area (Å²) in [6.07, 6.45) is 3.47. The van der Waals surface area contributed by atoms with Gasteiger partial charge in [0, 0.05) is 16.7 Å². The first-order valence-electron chi connectivity index (χ1n) is 9.90. The minimum absolute atomic E-state index is 0.122. The zero-order valence-corrected chi connectivity index (χ0v) is 18.2. The highest BCUT2D eigenvalue weighted by molar-refractivity contribution is 7.18. The van der Waals surface area contributed by atoms with Crippen LogP contribution in [0.15, 0.2) is 42.5 Å². The summed E-state index contributed by atoms with van der Waals surface area (Å²) in [6.45, 7) is 4.02. The van der Waals surface area contributed by atoms with Gasteiger partial charge in [0.1, 0.15) is 17.0 Å². The van der Waals surface area contributed by atoms with E-state index in [1.807, 2.05) is 43.3 Å². The Kier molecular flexibility index (Phi) is 7.30. The third kappa shape index (κ3) is 4.91. The molecule has 1 atom stereocenters. The van der Waals surface area contributed by atoms with E-state index in [4.69, 9.17) is 4.74 Å². The molecular weight excluding hydrogens is 398 g/mol. The van der Waals surface area contributed by atoms with Crippen LogP contribution >= 0.6 is 11.3 Å². The van der Waals surface area contributed by atoms with Crippen LogP contribution in [0, 0.1) is 6.92 Å². The van der Waals surface area contributed by atoms with Crippen molar-refractivity contribution in [3.8, 4) is 16.3 Å². The molecule has 1 heterocycles. The average molecular weight is 424 g/mol. The van der Waals surface area contributed by atoms with Crippen molar-refractivity contribution in [3.05, 3.63) is 59.2 Å². The third-order valence-electron chi connectivity index (χ3n) is 4.95. The molecule has 0 radical (unpaired) electrons. The zero-order chi connectivity index (χ0) is 21.5. The molecule has 1 N–H and O–H groups in total. The summed E-state index contributed by atoms with van der Waals surface area (Å²) >= 11 is 1.31. The number of amides is 1. The maximum Gasteiger partial charge on any atom is 0.233 e. The number of anilines is 1. The molecule has 1 aromatic heterocycles. The average Bonchev–Trinajstić information content (AvgIpc) is 3.22. The number of methoxy groups -OCH3 is 1. The first kappa shape index (κ1) is 21.6. The molecule has 0 aliphatic carbocycles. The molecule has 1 unspecified atom stereocenters. The molecule has 0 bridgehead atoms. The fourth-order valence-electron chi connectivity index (χ4n) is 3.37. The van der Waals surface area contributed by atoms with E-state index in [1.165, 1.54) is 11.3 Å². The Labute approximate surface area is 180 Å². The number of aryl methyl sites for hydroxylation is 1. The summed E-state index contributed by atoms with van der Waals surface area (Å²) in [4.78, 5) is 24.1. The first-order valence-corrected chi connectivity index (χ1v) is 10.7. The molecule has 3 aromatic rings. The van der Waals surface area contributed by atoms with Crippen LogP contribution in [0.2, 0.25) is 0 Å². The summed E-state index contributed by atoms with van der Waals surface area (Å²) < 4.78 is 5.47. The second-order valence-corrected chi connectivity index (χ2v) is 8.01. The number of aromatic nitrogens is 2. The molecule has 2 aromatic carbocycles. The Hall–Kier alpha value is -3.06. The number of hydrogen-bond acceptors (Lipinski definition) is 6. The van der Waals surface area contributed by atoms with Crippen molar-refractivity contribution >= 4 is 28.7 Å². The summed E-state index contributed by atoms with van der Waals surface area (Å²) in [7, 11) is 1.61. The number of ether oxygens (including phenoxy) is 1. The largest absolute Gasteiger partial charge is 0.496 e. The predicted octanol–water partition coefficient (Wildman–Crippen LogP) is 5.25. The number of carbonyl (C=O) groups excluding carboxylic acids is 2. The van der Waals surface area contributed by atoms with Crippen molar-refractivity contribution in [1.29, 1.82) is 0 Å². The van der Waals surface area contributed by atoms with Gasteiger partial charge in [-0.3, -0.25) is 14.9 Å². The van der Waals surface area contributed by atoms with E-state index in [0.29, 0.717) is 21.5 Å². The van der Waals surface area contributed by atoms with Gasteiger partial charge in [0.05, 0.1) is 13.0 Å². The van der Waals surface area contributed by atoms with Gasteiger partial charge in [-0.25, -0.2) is 0 Å². The molecule has 1 amide bonds. The van der Waals surface area contributed by atoms with Crippen LogP contribution in [0.4, 0.5) is 5.13 Å². The molecule has 0 spiro atoms. The van der Waals surface area contributed by atoms with Crippen LogP contribution in [-0.2, 0) is 4.79 Å². The van der Waals surface area contributed by atoms with Gasteiger partial charge in [0.25, 0.3) is 0 Å². The summed E-state index contributed by atoms with van der Waals surface area (Å²) in [6, 6.07) is 13.0. The van der Waals surface area contributed by atoms with Gasteiger partial charge in [0.2, 0.25) is 11.0 Å². The second kappa shape index (κ2) is 10.1. The van der Waals surface area contributed by atoms with Crippen LogP contribution in [0.25, 0.3) is 10.6 Å². The molecule has 3 rings (SSSR count). The van der Waals surface area contributed by atoms with Crippen molar-refractivity contribution in [3.63, 3.8) is 0 Å². The van der Waals surface area contributed by atoms with Crippen LogP contribution in [0.3, 0.4) is 0 Å². The number of rotatable bonds is 9. The fourth-order valence-corrected chi connectivity index (χ4v) is 4.20. The smallest absolute Gasteiger partial charge is 0.233 e. The number of para-hydroxylation sites is 1. The van der Waals surface area contributed by atoms with Gasteiger partial charge in [-0.15, -0.1) is 10.2 Å². The Balaban J connectivity index is 1.82. The highest BCUT2D eigenvalue weighted by atomic mass is 32.1. The van der Waals surface area contributed by atoms with Gasteiger partial charge in [-0.2, -0.15) is 0 Å². The van der Waals surface area contributed by atoms with Crippen LogP contribution in [-0.4, -0.2) is 29.5 Å². The normalized spacial score (nSPS) is 11.7. The van der Waals surface area contributed by atoms with Crippen molar-refractivity contribution in [1.82, 2.24) is 10.2 Å². The summed E-state index contributed by atoms with van der Waals surface area (Å²) in [5.41, 5.74) is 3.31. The second-order valence-electron chi connectivity index (χ2n) is 7.03. The Morgan fingerprint density at radius 2 is 2.03 bits per heavy atom. The maximum absolute atomic E-state index is 13.1. The minimum atomic E-state index is -0.331. The molecule has 156 valence electrons. The van der Waals surface area contributed by atoms with E-state index >= 15 is 0 Å². The van der Waals surface area contributed by atoms with Gasteiger partial charge in [-0.05, 0) is 31.0 Å². The quantitative estimate of drug-likeness (QED) is 0.476. The van der Waals surface area contributed by atoms with Gasteiger partial charge >= 0.3 is 0 Å². The Morgan fingerprint density at radius 1 is 1.23 bits per heavy atom. The minimum Gasteiger partial charge on any atom is -0.496 e.